The quantitative estimate of drug-likeness (QED) is 0.235. The molecule has 4 nitrogen and oxygen atoms in total. The van der Waals surface area contributed by atoms with Gasteiger partial charge in [-0.1, -0.05) is 73.1 Å². The van der Waals surface area contributed by atoms with Crippen molar-refractivity contribution in [3.05, 3.63) is 110 Å². The molecular formula is C29H22BrClN2O2S. The molecule has 4 aromatic rings. The summed E-state index contributed by atoms with van der Waals surface area (Å²) in [7, 11) is 0. The highest BCUT2D eigenvalue weighted by Gasteiger charge is 2.24. The fourth-order valence-electron chi connectivity index (χ4n) is 3.92. The number of amidine groups is 1. The second-order valence-electron chi connectivity index (χ2n) is 8.24. The Morgan fingerprint density at radius 2 is 1.83 bits per heavy atom. The Morgan fingerprint density at radius 3 is 2.61 bits per heavy atom. The van der Waals surface area contributed by atoms with Crippen LogP contribution in [0.4, 0.5) is 5.69 Å². The molecule has 0 unspecified atom stereocenters. The van der Waals surface area contributed by atoms with Crippen molar-refractivity contribution in [3.8, 4) is 5.75 Å². The van der Waals surface area contributed by atoms with Gasteiger partial charge in [0.05, 0.1) is 20.1 Å². The normalized spacial score (nSPS) is 15.6. The molecular weight excluding hydrogens is 556 g/mol. The molecule has 0 radical (unpaired) electrons. The summed E-state index contributed by atoms with van der Waals surface area (Å²) in [5, 5.41) is 6.16. The van der Waals surface area contributed by atoms with Crippen molar-refractivity contribution in [1.82, 2.24) is 5.32 Å². The summed E-state index contributed by atoms with van der Waals surface area (Å²) < 4.78 is 6.82. The summed E-state index contributed by atoms with van der Waals surface area (Å²) in [6.45, 7) is 2.50. The summed E-state index contributed by atoms with van der Waals surface area (Å²) in [5.41, 5.74) is 3.91. The number of ether oxygens (including phenoxy) is 1. The number of hydrogen-bond donors (Lipinski definition) is 1. The van der Waals surface area contributed by atoms with E-state index in [9.17, 15) is 4.79 Å². The lowest BCUT2D eigenvalue weighted by Crippen LogP contribution is -2.19. The van der Waals surface area contributed by atoms with Gasteiger partial charge in [-0.3, -0.25) is 4.79 Å². The van der Waals surface area contributed by atoms with Gasteiger partial charge in [0.1, 0.15) is 6.61 Å². The number of nitrogens with zero attached hydrogens (tertiary/aromatic N) is 1. The maximum absolute atomic E-state index is 12.5. The van der Waals surface area contributed by atoms with E-state index in [1.54, 1.807) is 12.1 Å². The highest BCUT2D eigenvalue weighted by atomic mass is 79.9. The molecule has 1 aliphatic heterocycles. The smallest absolute Gasteiger partial charge is 0.264 e. The van der Waals surface area contributed by atoms with E-state index in [1.807, 2.05) is 48.5 Å². The number of rotatable bonds is 6. The van der Waals surface area contributed by atoms with Crippen LogP contribution < -0.4 is 10.1 Å². The molecule has 36 heavy (non-hydrogen) atoms. The molecule has 1 N–H and O–H groups in total. The zero-order chi connectivity index (χ0) is 25.1. The monoisotopic (exact) mass is 576 g/mol. The minimum absolute atomic E-state index is 0.188. The number of amides is 1. The second-order valence-corrected chi connectivity index (χ2v) is 10.5. The first-order chi connectivity index (χ1) is 17.5. The number of hydrogen-bond acceptors (Lipinski definition) is 4. The topological polar surface area (TPSA) is 50.7 Å². The molecule has 1 heterocycles. The van der Waals surface area contributed by atoms with Crippen LogP contribution in [0.15, 0.2) is 93.2 Å². The Bertz CT molecular complexity index is 1490. The van der Waals surface area contributed by atoms with E-state index in [0.29, 0.717) is 27.5 Å². The molecule has 5 rings (SSSR count). The van der Waals surface area contributed by atoms with Crippen LogP contribution in [0, 0.1) is 0 Å². The highest BCUT2D eigenvalue weighted by Crippen LogP contribution is 2.37. The zero-order valence-corrected chi connectivity index (χ0v) is 22.6. The SMILES string of the molecule is CCc1ccc(N=C2NC(=O)/C(=C/c3cc(Cl)c(OCc4cccc5ccccc45)c(Br)c3)S2)cc1. The van der Waals surface area contributed by atoms with Gasteiger partial charge in [0.25, 0.3) is 5.91 Å². The maximum Gasteiger partial charge on any atom is 0.264 e. The van der Waals surface area contributed by atoms with E-state index < -0.39 is 0 Å². The van der Waals surface area contributed by atoms with Crippen LogP contribution >= 0.6 is 39.3 Å². The van der Waals surface area contributed by atoms with E-state index in [0.717, 1.165) is 33.1 Å². The summed E-state index contributed by atoms with van der Waals surface area (Å²) in [4.78, 5) is 17.6. The van der Waals surface area contributed by atoms with Crippen LogP contribution in [0.25, 0.3) is 16.8 Å². The van der Waals surface area contributed by atoms with Gasteiger partial charge >= 0.3 is 0 Å². The second kappa shape index (κ2) is 10.9. The molecule has 180 valence electrons. The first-order valence-electron chi connectivity index (χ1n) is 11.5. The van der Waals surface area contributed by atoms with E-state index in [-0.39, 0.29) is 5.91 Å². The molecule has 0 spiro atoms. The molecule has 4 aromatic carbocycles. The minimum Gasteiger partial charge on any atom is -0.486 e. The van der Waals surface area contributed by atoms with Gasteiger partial charge in [-0.25, -0.2) is 4.99 Å². The van der Waals surface area contributed by atoms with Gasteiger partial charge in [0.15, 0.2) is 10.9 Å². The number of aryl methyl sites for hydroxylation is 1. The predicted molar refractivity (Wildman–Crippen MR) is 154 cm³/mol. The van der Waals surface area contributed by atoms with Gasteiger partial charge < -0.3 is 10.1 Å². The predicted octanol–water partition coefficient (Wildman–Crippen LogP) is 8.29. The van der Waals surface area contributed by atoms with Crippen molar-refractivity contribution in [2.75, 3.05) is 0 Å². The number of thioether (sulfide) groups is 1. The lowest BCUT2D eigenvalue weighted by Gasteiger charge is -2.13. The Labute approximate surface area is 227 Å². The van der Waals surface area contributed by atoms with E-state index >= 15 is 0 Å². The number of fused-ring (bicyclic) bond motifs is 1. The number of carbonyl (C=O) groups excluding carboxylic acids is 1. The summed E-state index contributed by atoms with van der Waals surface area (Å²) in [5.74, 6) is 0.375. The van der Waals surface area contributed by atoms with E-state index in [1.165, 1.54) is 22.7 Å². The molecule has 1 saturated heterocycles. The molecule has 0 saturated carbocycles. The van der Waals surface area contributed by atoms with Gasteiger partial charge in [-0.2, -0.15) is 0 Å². The van der Waals surface area contributed by atoms with Crippen molar-refractivity contribution in [2.45, 2.75) is 20.0 Å². The van der Waals surface area contributed by atoms with Crippen molar-refractivity contribution in [1.29, 1.82) is 0 Å². The molecule has 0 atom stereocenters. The number of aliphatic imine (C=N–C) groups is 1. The third kappa shape index (κ3) is 5.51. The summed E-state index contributed by atoms with van der Waals surface area (Å²) >= 11 is 11.5. The first kappa shape index (κ1) is 24.6. The van der Waals surface area contributed by atoms with E-state index in [4.69, 9.17) is 16.3 Å². The van der Waals surface area contributed by atoms with Gasteiger partial charge in [0, 0.05) is 0 Å². The third-order valence-corrected chi connectivity index (χ3v) is 7.58. The molecule has 1 aliphatic rings. The van der Waals surface area contributed by atoms with Crippen molar-refractivity contribution in [2.24, 2.45) is 4.99 Å². The number of nitrogens with one attached hydrogen (secondary N) is 1. The molecule has 1 fully saturated rings. The molecule has 7 heteroatoms. The Hall–Kier alpha value is -3.06. The van der Waals surface area contributed by atoms with Gasteiger partial charge in [0.2, 0.25) is 0 Å². The molecule has 0 aromatic heterocycles. The minimum atomic E-state index is -0.188. The van der Waals surface area contributed by atoms with Crippen molar-refractivity contribution in [3.63, 3.8) is 0 Å². The van der Waals surface area contributed by atoms with Crippen LogP contribution in [0.1, 0.15) is 23.6 Å². The van der Waals surface area contributed by atoms with Crippen LogP contribution in [-0.4, -0.2) is 11.1 Å². The number of halogens is 2. The first-order valence-corrected chi connectivity index (χ1v) is 13.5. The van der Waals surface area contributed by atoms with Crippen LogP contribution in [-0.2, 0) is 17.8 Å². The van der Waals surface area contributed by atoms with Crippen LogP contribution in [0.3, 0.4) is 0 Å². The molecule has 0 bridgehead atoms. The summed E-state index contributed by atoms with van der Waals surface area (Å²) in [6.07, 6.45) is 2.77. The number of carbonyl (C=O) groups is 1. The molecule has 1 amide bonds. The lowest BCUT2D eigenvalue weighted by molar-refractivity contribution is -0.115. The average molecular weight is 578 g/mol. The fourth-order valence-corrected chi connectivity index (χ4v) is 5.76. The van der Waals surface area contributed by atoms with E-state index in [2.05, 4.69) is 57.4 Å². The highest BCUT2D eigenvalue weighted by molar-refractivity contribution is 9.10. The van der Waals surface area contributed by atoms with Crippen LogP contribution in [0.2, 0.25) is 5.02 Å². The fraction of sp³-hybridized carbons (Fsp3) is 0.103. The number of benzene rings is 4. The lowest BCUT2D eigenvalue weighted by atomic mass is 10.1. The van der Waals surface area contributed by atoms with Gasteiger partial charge in [-0.05, 0) is 91.9 Å². The Balaban J connectivity index is 1.32. The van der Waals surface area contributed by atoms with Crippen LogP contribution in [0.5, 0.6) is 5.75 Å². The standard InChI is InChI=1S/C29H22BrClN2O2S/c1-2-18-10-12-22(13-11-18)32-29-33-28(34)26(36-29)16-19-14-24(30)27(25(31)15-19)35-17-21-8-5-7-20-6-3-4-9-23(20)21/h3-16H,2,17H2,1H3,(H,32,33,34)/b26-16-. The van der Waals surface area contributed by atoms with Gasteiger partial charge in [-0.15, -0.1) is 0 Å². The third-order valence-electron chi connectivity index (χ3n) is 5.80. The largest absolute Gasteiger partial charge is 0.486 e. The average Bonchev–Trinajstić information content (AvgIpc) is 3.22. The van der Waals surface area contributed by atoms with Crippen molar-refractivity contribution >= 4 is 72.9 Å². The maximum atomic E-state index is 12.5. The summed E-state index contributed by atoms with van der Waals surface area (Å²) in [6, 6.07) is 26.0. The Morgan fingerprint density at radius 1 is 1.06 bits per heavy atom. The zero-order valence-electron chi connectivity index (χ0n) is 19.4. The van der Waals surface area contributed by atoms with Crippen molar-refractivity contribution < 1.29 is 9.53 Å². The molecule has 0 aliphatic carbocycles. The Kier molecular flexibility index (Phi) is 7.46.